The van der Waals surface area contributed by atoms with Crippen LogP contribution in [0.4, 0.5) is 4.39 Å². The van der Waals surface area contributed by atoms with Gasteiger partial charge in [-0.05, 0) is 31.0 Å². The number of nitrogens with one attached hydrogen (secondary N) is 1. The Morgan fingerprint density at radius 1 is 1.24 bits per heavy atom. The number of nitrogens with zero attached hydrogens (tertiary/aromatic N) is 2. The van der Waals surface area contributed by atoms with Crippen LogP contribution in [0.5, 0.6) is 0 Å². The van der Waals surface area contributed by atoms with Crippen LogP contribution in [-0.2, 0) is 0 Å². The number of halogens is 1. The molecule has 1 aromatic carbocycles. The van der Waals surface area contributed by atoms with Crippen molar-refractivity contribution in [3.05, 3.63) is 64.0 Å². The molecule has 0 aliphatic carbocycles. The second-order valence-electron chi connectivity index (χ2n) is 6.22. The number of pyridine rings is 1. The minimum atomic E-state index is -0.353. The number of benzene rings is 1. The summed E-state index contributed by atoms with van der Waals surface area (Å²) >= 11 is 0. The molecule has 4 rings (SSSR count). The van der Waals surface area contributed by atoms with Gasteiger partial charge in [0.1, 0.15) is 5.82 Å². The number of H-pyrrole nitrogens is 1. The lowest BCUT2D eigenvalue weighted by Gasteiger charge is -2.31. The Labute approximate surface area is 142 Å². The van der Waals surface area contributed by atoms with Crippen molar-refractivity contribution in [2.45, 2.75) is 18.8 Å². The molecule has 0 spiro atoms. The molecular weight excluding hydrogens is 325 g/mol. The standard InChI is InChI=1S/C18H16FN3O3/c19-13-1-2-14-15(10-13)25-21-17(14)11-4-7-22(8-5-11)18(24)12-3-6-20-16(23)9-12/h1-3,6,9-11H,4-5,7-8H2,(H,20,23). The van der Waals surface area contributed by atoms with Crippen LogP contribution in [0.2, 0.25) is 0 Å². The van der Waals surface area contributed by atoms with E-state index in [1.165, 1.54) is 24.4 Å². The van der Waals surface area contributed by atoms with Gasteiger partial charge in [-0.3, -0.25) is 9.59 Å². The number of fused-ring (bicyclic) bond motifs is 1. The van der Waals surface area contributed by atoms with Crippen LogP contribution in [0.25, 0.3) is 11.0 Å². The Kier molecular flexibility index (Phi) is 3.83. The third-order valence-corrected chi connectivity index (χ3v) is 4.65. The minimum Gasteiger partial charge on any atom is -0.356 e. The van der Waals surface area contributed by atoms with Gasteiger partial charge in [0.2, 0.25) is 5.56 Å². The topological polar surface area (TPSA) is 79.2 Å². The smallest absolute Gasteiger partial charge is 0.254 e. The first kappa shape index (κ1) is 15.6. The van der Waals surface area contributed by atoms with Gasteiger partial charge >= 0.3 is 0 Å². The Morgan fingerprint density at radius 2 is 2.04 bits per heavy atom. The highest BCUT2D eigenvalue weighted by Gasteiger charge is 2.27. The van der Waals surface area contributed by atoms with E-state index in [-0.39, 0.29) is 23.2 Å². The van der Waals surface area contributed by atoms with Crippen LogP contribution in [-0.4, -0.2) is 34.0 Å². The maximum Gasteiger partial charge on any atom is 0.254 e. The number of carbonyl (C=O) groups is 1. The van der Waals surface area contributed by atoms with Gasteiger partial charge in [0.15, 0.2) is 5.58 Å². The zero-order valence-corrected chi connectivity index (χ0v) is 13.4. The number of amides is 1. The Morgan fingerprint density at radius 3 is 2.80 bits per heavy atom. The van der Waals surface area contributed by atoms with E-state index >= 15 is 0 Å². The lowest BCUT2D eigenvalue weighted by molar-refractivity contribution is 0.0711. The second kappa shape index (κ2) is 6.16. The normalized spacial score (nSPS) is 15.6. The van der Waals surface area contributed by atoms with Gasteiger partial charge in [0.05, 0.1) is 5.69 Å². The minimum absolute atomic E-state index is 0.142. The lowest BCUT2D eigenvalue weighted by atomic mass is 9.91. The molecule has 1 aliphatic rings. The van der Waals surface area contributed by atoms with Crippen molar-refractivity contribution in [3.8, 4) is 0 Å². The molecule has 0 saturated carbocycles. The molecule has 0 bridgehead atoms. The molecule has 1 fully saturated rings. The summed E-state index contributed by atoms with van der Waals surface area (Å²) in [6.45, 7) is 1.15. The van der Waals surface area contributed by atoms with Gasteiger partial charge in [-0.15, -0.1) is 0 Å². The van der Waals surface area contributed by atoms with E-state index in [9.17, 15) is 14.0 Å². The number of likely N-dealkylation sites (tertiary alicyclic amines) is 1. The van der Waals surface area contributed by atoms with Crippen molar-refractivity contribution in [1.82, 2.24) is 15.0 Å². The van der Waals surface area contributed by atoms with Gasteiger partial charge in [0, 0.05) is 48.3 Å². The summed E-state index contributed by atoms with van der Waals surface area (Å²) in [7, 11) is 0. The molecule has 25 heavy (non-hydrogen) atoms. The fourth-order valence-corrected chi connectivity index (χ4v) is 3.34. The summed E-state index contributed by atoms with van der Waals surface area (Å²) in [4.78, 5) is 28.1. The molecule has 2 aromatic heterocycles. The predicted molar refractivity (Wildman–Crippen MR) is 88.9 cm³/mol. The third-order valence-electron chi connectivity index (χ3n) is 4.65. The molecule has 0 radical (unpaired) electrons. The van der Waals surface area contributed by atoms with Gasteiger partial charge in [0.25, 0.3) is 5.91 Å². The van der Waals surface area contributed by atoms with E-state index in [2.05, 4.69) is 10.1 Å². The predicted octanol–water partition coefficient (Wildman–Crippen LogP) is 2.68. The van der Waals surface area contributed by atoms with Crippen molar-refractivity contribution in [2.75, 3.05) is 13.1 Å². The van der Waals surface area contributed by atoms with Crippen LogP contribution in [0.3, 0.4) is 0 Å². The summed E-state index contributed by atoms with van der Waals surface area (Å²) in [5, 5.41) is 4.93. The number of rotatable bonds is 2. The van der Waals surface area contributed by atoms with Gasteiger partial charge in [-0.1, -0.05) is 5.16 Å². The maximum absolute atomic E-state index is 13.3. The van der Waals surface area contributed by atoms with E-state index in [1.54, 1.807) is 17.0 Å². The molecule has 7 heteroatoms. The van der Waals surface area contributed by atoms with Crippen molar-refractivity contribution in [1.29, 1.82) is 0 Å². The van der Waals surface area contributed by atoms with Crippen molar-refractivity contribution in [3.63, 3.8) is 0 Å². The van der Waals surface area contributed by atoms with Crippen LogP contribution < -0.4 is 5.56 Å². The Balaban J connectivity index is 1.49. The molecule has 3 heterocycles. The van der Waals surface area contributed by atoms with E-state index in [4.69, 9.17) is 4.52 Å². The fraction of sp³-hybridized carbons (Fsp3) is 0.278. The number of aromatic amines is 1. The first-order valence-corrected chi connectivity index (χ1v) is 8.14. The zero-order chi connectivity index (χ0) is 17.4. The molecule has 3 aromatic rings. The third kappa shape index (κ3) is 2.93. The lowest BCUT2D eigenvalue weighted by Crippen LogP contribution is -2.38. The number of hydrogen-bond donors (Lipinski definition) is 1. The Bertz CT molecular complexity index is 986. The maximum atomic E-state index is 13.3. The summed E-state index contributed by atoms with van der Waals surface area (Å²) in [5.41, 5.74) is 1.36. The molecule has 128 valence electrons. The van der Waals surface area contributed by atoms with Crippen LogP contribution in [0.15, 0.2) is 45.8 Å². The van der Waals surface area contributed by atoms with E-state index in [0.29, 0.717) is 24.2 Å². The molecule has 0 unspecified atom stereocenters. The molecule has 1 amide bonds. The summed E-state index contributed by atoms with van der Waals surface area (Å²) < 4.78 is 18.5. The van der Waals surface area contributed by atoms with E-state index in [0.717, 1.165) is 23.9 Å². The quantitative estimate of drug-likeness (QED) is 0.777. The van der Waals surface area contributed by atoms with Crippen molar-refractivity contribution >= 4 is 16.9 Å². The Hall–Kier alpha value is -2.96. The zero-order valence-electron chi connectivity index (χ0n) is 13.4. The largest absolute Gasteiger partial charge is 0.356 e. The van der Waals surface area contributed by atoms with Gasteiger partial charge in [-0.25, -0.2) is 4.39 Å². The van der Waals surface area contributed by atoms with Crippen LogP contribution in [0, 0.1) is 5.82 Å². The van der Waals surface area contributed by atoms with Crippen molar-refractivity contribution < 1.29 is 13.7 Å². The summed E-state index contributed by atoms with van der Waals surface area (Å²) in [5.74, 6) is -0.333. The average Bonchev–Trinajstić information content (AvgIpc) is 3.04. The number of piperidine rings is 1. The highest BCUT2D eigenvalue weighted by atomic mass is 19.1. The number of carbonyl (C=O) groups excluding carboxylic acids is 1. The molecule has 6 nitrogen and oxygen atoms in total. The number of aromatic nitrogens is 2. The first-order chi connectivity index (χ1) is 12.1. The fourth-order valence-electron chi connectivity index (χ4n) is 3.34. The van der Waals surface area contributed by atoms with E-state index < -0.39 is 0 Å². The first-order valence-electron chi connectivity index (χ1n) is 8.14. The van der Waals surface area contributed by atoms with Crippen molar-refractivity contribution in [2.24, 2.45) is 0 Å². The van der Waals surface area contributed by atoms with Crippen LogP contribution >= 0.6 is 0 Å². The van der Waals surface area contributed by atoms with Gasteiger partial charge in [-0.2, -0.15) is 0 Å². The highest BCUT2D eigenvalue weighted by Crippen LogP contribution is 2.33. The SMILES string of the molecule is O=C(c1cc[nH]c(=O)c1)N1CCC(c2noc3cc(F)ccc23)CC1. The second-order valence-corrected chi connectivity index (χ2v) is 6.22. The molecule has 1 saturated heterocycles. The average molecular weight is 341 g/mol. The van der Waals surface area contributed by atoms with E-state index in [1.807, 2.05) is 0 Å². The van der Waals surface area contributed by atoms with Crippen LogP contribution in [0.1, 0.15) is 34.8 Å². The monoisotopic (exact) mass is 341 g/mol. The highest BCUT2D eigenvalue weighted by molar-refractivity contribution is 5.94. The molecule has 1 aliphatic heterocycles. The summed E-state index contributed by atoms with van der Waals surface area (Å²) in [6, 6.07) is 7.33. The molecule has 1 N–H and O–H groups in total. The summed E-state index contributed by atoms with van der Waals surface area (Å²) in [6.07, 6.45) is 2.96. The number of hydrogen-bond acceptors (Lipinski definition) is 4. The molecule has 0 atom stereocenters. The van der Waals surface area contributed by atoms with Gasteiger partial charge < -0.3 is 14.4 Å². The molecular formula is C18H16FN3O3.